The molecule has 5 nitrogen and oxygen atoms in total. The van der Waals surface area contributed by atoms with Crippen LogP contribution >= 0.6 is 11.6 Å². The molecule has 0 bridgehead atoms. The second-order valence-corrected chi connectivity index (χ2v) is 6.82. The smallest absolute Gasteiger partial charge is 0.242 e. The number of aromatic nitrogens is 1. The lowest BCUT2D eigenvalue weighted by molar-refractivity contribution is 0.182. The number of aryl methyl sites for hydroxylation is 1. The average molecular weight is 327 g/mol. The lowest BCUT2D eigenvalue weighted by atomic mass is 10.1. The second kappa shape index (κ2) is 6.53. The number of sulfonamides is 1. The maximum absolute atomic E-state index is 12.1. The first-order chi connectivity index (χ1) is 9.88. The number of aliphatic hydroxyl groups excluding tert-OH is 1. The molecule has 0 amide bonds. The van der Waals surface area contributed by atoms with E-state index in [1.54, 1.807) is 12.1 Å². The van der Waals surface area contributed by atoms with E-state index in [0.717, 1.165) is 5.56 Å². The quantitative estimate of drug-likeness (QED) is 0.881. The highest BCUT2D eigenvalue weighted by Gasteiger charge is 2.17. The Hall–Kier alpha value is -1.47. The van der Waals surface area contributed by atoms with Crippen molar-refractivity contribution in [2.24, 2.45) is 0 Å². The van der Waals surface area contributed by atoms with E-state index in [-0.39, 0.29) is 16.5 Å². The Balaban J connectivity index is 2.06. The van der Waals surface area contributed by atoms with Crippen LogP contribution in [-0.4, -0.2) is 25.1 Å². The van der Waals surface area contributed by atoms with Crippen LogP contribution in [0.15, 0.2) is 47.6 Å². The van der Waals surface area contributed by atoms with Crippen molar-refractivity contribution in [2.75, 3.05) is 6.54 Å². The van der Waals surface area contributed by atoms with Gasteiger partial charge < -0.3 is 5.11 Å². The van der Waals surface area contributed by atoms with Crippen LogP contribution in [-0.2, 0) is 10.0 Å². The summed E-state index contributed by atoms with van der Waals surface area (Å²) >= 11 is 5.72. The van der Waals surface area contributed by atoms with Gasteiger partial charge in [-0.25, -0.2) is 13.1 Å². The molecular weight excluding hydrogens is 312 g/mol. The van der Waals surface area contributed by atoms with Gasteiger partial charge in [0.15, 0.2) is 0 Å². The first-order valence-electron chi connectivity index (χ1n) is 6.23. The SMILES string of the molecule is Cc1ccc(C(O)CNS(=O)(=O)c2cncc(Cl)c2)cc1. The van der Waals surface area contributed by atoms with Crippen molar-refractivity contribution in [1.29, 1.82) is 0 Å². The number of benzene rings is 1. The van der Waals surface area contributed by atoms with Crippen LogP contribution in [0, 0.1) is 6.92 Å². The van der Waals surface area contributed by atoms with Crippen LogP contribution in [0.3, 0.4) is 0 Å². The van der Waals surface area contributed by atoms with Gasteiger partial charge in [0.2, 0.25) is 10.0 Å². The van der Waals surface area contributed by atoms with E-state index in [9.17, 15) is 13.5 Å². The van der Waals surface area contributed by atoms with Crippen molar-refractivity contribution in [1.82, 2.24) is 9.71 Å². The molecule has 7 heteroatoms. The van der Waals surface area contributed by atoms with Gasteiger partial charge in [0.25, 0.3) is 0 Å². The fraction of sp³-hybridized carbons (Fsp3) is 0.214. The van der Waals surface area contributed by atoms with Crippen LogP contribution < -0.4 is 4.72 Å². The summed E-state index contributed by atoms with van der Waals surface area (Å²) in [5.41, 5.74) is 1.71. The van der Waals surface area contributed by atoms with Gasteiger partial charge in [0, 0.05) is 18.9 Å². The topological polar surface area (TPSA) is 79.3 Å². The Morgan fingerprint density at radius 3 is 2.57 bits per heavy atom. The van der Waals surface area contributed by atoms with Crippen molar-refractivity contribution in [3.05, 3.63) is 58.9 Å². The number of aliphatic hydroxyl groups is 1. The second-order valence-electron chi connectivity index (χ2n) is 4.62. The number of halogens is 1. The summed E-state index contributed by atoms with van der Waals surface area (Å²) in [5.74, 6) is 0. The molecule has 2 rings (SSSR count). The van der Waals surface area contributed by atoms with E-state index in [2.05, 4.69) is 9.71 Å². The predicted octanol–water partition coefficient (Wildman–Crippen LogP) is 2.06. The molecule has 21 heavy (non-hydrogen) atoms. The summed E-state index contributed by atoms with van der Waals surface area (Å²) in [6, 6.07) is 8.53. The van der Waals surface area contributed by atoms with Crippen molar-refractivity contribution in [3.8, 4) is 0 Å². The van der Waals surface area contributed by atoms with E-state index >= 15 is 0 Å². The average Bonchev–Trinajstić information content (AvgIpc) is 2.45. The van der Waals surface area contributed by atoms with Gasteiger partial charge in [-0.15, -0.1) is 0 Å². The molecule has 2 N–H and O–H groups in total. The largest absolute Gasteiger partial charge is 0.387 e. The Bertz CT molecular complexity index is 717. The third-order valence-electron chi connectivity index (χ3n) is 2.92. The molecule has 0 fully saturated rings. The number of hydrogen-bond donors (Lipinski definition) is 2. The molecule has 0 saturated heterocycles. The summed E-state index contributed by atoms with van der Waals surface area (Å²) in [4.78, 5) is 3.70. The van der Waals surface area contributed by atoms with Gasteiger partial charge in [-0.1, -0.05) is 41.4 Å². The molecule has 0 saturated carbocycles. The highest BCUT2D eigenvalue weighted by atomic mass is 35.5. The zero-order valence-electron chi connectivity index (χ0n) is 11.3. The maximum atomic E-state index is 12.1. The third kappa shape index (κ3) is 4.25. The molecule has 1 unspecified atom stereocenters. The number of nitrogens with one attached hydrogen (secondary N) is 1. The van der Waals surface area contributed by atoms with E-state index < -0.39 is 16.1 Å². The summed E-state index contributed by atoms with van der Waals surface area (Å²) in [5, 5.41) is 10.2. The van der Waals surface area contributed by atoms with Gasteiger partial charge >= 0.3 is 0 Å². The van der Waals surface area contributed by atoms with Crippen molar-refractivity contribution < 1.29 is 13.5 Å². The minimum absolute atomic E-state index is 0.0360. The fourth-order valence-electron chi connectivity index (χ4n) is 1.72. The lowest BCUT2D eigenvalue weighted by Crippen LogP contribution is -2.28. The zero-order valence-corrected chi connectivity index (χ0v) is 12.9. The third-order valence-corrected chi connectivity index (χ3v) is 4.52. The monoisotopic (exact) mass is 326 g/mol. The first kappa shape index (κ1) is 15.9. The molecule has 1 heterocycles. The van der Waals surface area contributed by atoms with Crippen LogP contribution in [0.5, 0.6) is 0 Å². The Morgan fingerprint density at radius 2 is 1.95 bits per heavy atom. The van der Waals surface area contributed by atoms with Crippen molar-refractivity contribution in [3.63, 3.8) is 0 Å². The molecule has 2 aromatic rings. The molecule has 1 atom stereocenters. The highest BCUT2D eigenvalue weighted by Crippen LogP contribution is 2.16. The summed E-state index contributed by atoms with van der Waals surface area (Å²) < 4.78 is 26.4. The van der Waals surface area contributed by atoms with Gasteiger partial charge in [-0.05, 0) is 18.6 Å². The summed E-state index contributed by atoms with van der Waals surface area (Å²) in [6.45, 7) is 1.81. The summed E-state index contributed by atoms with van der Waals surface area (Å²) in [7, 11) is -3.75. The van der Waals surface area contributed by atoms with Gasteiger partial charge in [0.1, 0.15) is 4.90 Å². The van der Waals surface area contributed by atoms with Gasteiger partial charge in [-0.3, -0.25) is 4.98 Å². The number of nitrogens with zero attached hydrogens (tertiary/aromatic N) is 1. The zero-order chi connectivity index (χ0) is 15.5. The molecule has 0 radical (unpaired) electrons. The normalized spacial score (nSPS) is 13.1. The fourth-order valence-corrected chi connectivity index (χ4v) is 2.98. The molecule has 0 spiro atoms. The molecule has 112 valence electrons. The van der Waals surface area contributed by atoms with Crippen LogP contribution in [0.1, 0.15) is 17.2 Å². The number of hydrogen-bond acceptors (Lipinski definition) is 4. The van der Waals surface area contributed by atoms with Crippen LogP contribution in [0.25, 0.3) is 0 Å². The molecular formula is C14H15ClN2O3S. The highest BCUT2D eigenvalue weighted by molar-refractivity contribution is 7.89. The number of pyridine rings is 1. The Kier molecular flexibility index (Phi) is 4.95. The minimum atomic E-state index is -3.75. The molecule has 1 aromatic carbocycles. The van der Waals surface area contributed by atoms with Crippen molar-refractivity contribution >= 4 is 21.6 Å². The Morgan fingerprint density at radius 1 is 1.29 bits per heavy atom. The molecule has 0 aliphatic carbocycles. The van der Waals surface area contributed by atoms with Gasteiger partial charge in [-0.2, -0.15) is 0 Å². The molecule has 1 aromatic heterocycles. The van der Waals surface area contributed by atoms with E-state index in [1.165, 1.54) is 18.5 Å². The van der Waals surface area contributed by atoms with E-state index in [4.69, 9.17) is 11.6 Å². The minimum Gasteiger partial charge on any atom is -0.387 e. The van der Waals surface area contributed by atoms with E-state index in [0.29, 0.717) is 5.56 Å². The van der Waals surface area contributed by atoms with Crippen molar-refractivity contribution in [2.45, 2.75) is 17.9 Å². The van der Waals surface area contributed by atoms with Crippen LogP contribution in [0.4, 0.5) is 0 Å². The standard InChI is InChI=1S/C14H15ClN2O3S/c1-10-2-4-11(5-3-10)14(18)9-17-21(19,20)13-6-12(15)7-16-8-13/h2-8,14,17-18H,9H2,1H3. The van der Waals surface area contributed by atoms with E-state index in [1.807, 2.05) is 19.1 Å². The maximum Gasteiger partial charge on any atom is 0.242 e. The first-order valence-corrected chi connectivity index (χ1v) is 8.09. The van der Waals surface area contributed by atoms with Gasteiger partial charge in [0.05, 0.1) is 11.1 Å². The van der Waals surface area contributed by atoms with Crippen LogP contribution in [0.2, 0.25) is 5.02 Å². The lowest BCUT2D eigenvalue weighted by Gasteiger charge is -2.13. The molecule has 0 aliphatic heterocycles. The summed E-state index contributed by atoms with van der Waals surface area (Å²) in [6.07, 6.45) is 1.63. The number of rotatable bonds is 5. The predicted molar refractivity (Wildman–Crippen MR) is 80.6 cm³/mol. The Labute approximate surface area is 128 Å². The molecule has 0 aliphatic rings.